The Kier molecular flexibility index (Phi) is 4.99. The van der Waals surface area contributed by atoms with Crippen LogP contribution in [0.3, 0.4) is 0 Å². The summed E-state index contributed by atoms with van der Waals surface area (Å²) in [5, 5.41) is 4.94. The van der Waals surface area contributed by atoms with Crippen LogP contribution in [0.5, 0.6) is 0 Å². The van der Waals surface area contributed by atoms with Gasteiger partial charge in [-0.15, -0.1) is 0 Å². The van der Waals surface area contributed by atoms with Crippen LogP contribution in [-0.4, -0.2) is 20.6 Å². The molecule has 0 unspecified atom stereocenters. The molecule has 0 aliphatic rings. The van der Waals surface area contributed by atoms with Gasteiger partial charge in [-0.25, -0.2) is 14.2 Å². The molecule has 0 spiro atoms. The largest absolute Gasteiger partial charge is 0.456 e. The number of fused-ring (bicyclic) bond motifs is 1. The maximum atomic E-state index is 13.5. The Morgan fingerprint density at radius 3 is 2.96 bits per heavy atom. The molecule has 2 aromatic heterocycles. The first-order valence-electron chi connectivity index (χ1n) is 7.55. The van der Waals surface area contributed by atoms with Crippen molar-refractivity contribution in [2.24, 2.45) is 0 Å². The van der Waals surface area contributed by atoms with Crippen molar-refractivity contribution in [3.05, 3.63) is 68.8 Å². The topological polar surface area (TPSA) is 73.6 Å². The average Bonchev–Trinajstić information content (AvgIpc) is 3.03. The van der Waals surface area contributed by atoms with Crippen molar-refractivity contribution in [3.63, 3.8) is 0 Å². The van der Waals surface area contributed by atoms with Gasteiger partial charge in [-0.2, -0.15) is 9.61 Å². The van der Waals surface area contributed by atoms with Crippen molar-refractivity contribution >= 4 is 28.3 Å². The third-order valence-electron chi connectivity index (χ3n) is 3.31. The standard InChI is InChI=1S/C17H14FN3O3S/c1-2-14-20-21-15(22)9-12(19-17(21)25-14)10-24-16(23)8-7-11-5-3-4-6-13(11)18/h3-9H,2,10H2,1H3/b8-7+. The third kappa shape index (κ3) is 3.97. The molecule has 3 aromatic rings. The van der Waals surface area contributed by atoms with Gasteiger partial charge in [0.15, 0.2) is 0 Å². The van der Waals surface area contributed by atoms with Gasteiger partial charge in [0.2, 0.25) is 4.96 Å². The van der Waals surface area contributed by atoms with E-state index in [9.17, 15) is 14.0 Å². The Hall–Kier alpha value is -2.87. The van der Waals surface area contributed by atoms with E-state index in [0.29, 0.717) is 17.1 Å². The van der Waals surface area contributed by atoms with E-state index >= 15 is 0 Å². The van der Waals surface area contributed by atoms with E-state index in [0.717, 1.165) is 11.1 Å². The quantitative estimate of drug-likeness (QED) is 0.517. The van der Waals surface area contributed by atoms with Crippen LogP contribution < -0.4 is 5.56 Å². The summed E-state index contributed by atoms with van der Waals surface area (Å²) in [6, 6.07) is 7.36. The molecule has 0 atom stereocenters. The lowest BCUT2D eigenvalue weighted by atomic mass is 10.2. The number of aromatic nitrogens is 3. The molecule has 128 valence electrons. The highest BCUT2D eigenvalue weighted by Gasteiger charge is 2.09. The number of hydrogen-bond donors (Lipinski definition) is 0. The van der Waals surface area contributed by atoms with Crippen LogP contribution in [0.4, 0.5) is 4.39 Å². The Morgan fingerprint density at radius 2 is 2.20 bits per heavy atom. The fourth-order valence-electron chi connectivity index (χ4n) is 2.07. The minimum atomic E-state index is -0.649. The summed E-state index contributed by atoms with van der Waals surface area (Å²) in [5.74, 6) is -1.08. The van der Waals surface area contributed by atoms with E-state index in [-0.39, 0.29) is 17.7 Å². The summed E-state index contributed by atoms with van der Waals surface area (Å²) < 4.78 is 19.7. The van der Waals surface area contributed by atoms with Gasteiger partial charge in [-0.1, -0.05) is 36.5 Å². The number of rotatable bonds is 5. The number of carbonyl (C=O) groups excluding carboxylic acids is 1. The summed E-state index contributed by atoms with van der Waals surface area (Å²) >= 11 is 1.31. The number of hydrogen-bond acceptors (Lipinski definition) is 6. The van der Waals surface area contributed by atoms with Gasteiger partial charge in [-0.3, -0.25) is 4.79 Å². The van der Waals surface area contributed by atoms with E-state index < -0.39 is 11.8 Å². The second kappa shape index (κ2) is 7.35. The van der Waals surface area contributed by atoms with Crippen molar-refractivity contribution in [1.82, 2.24) is 14.6 Å². The molecule has 1 aromatic carbocycles. The third-order valence-corrected chi connectivity index (χ3v) is 4.36. The number of ether oxygens (including phenoxy) is 1. The second-order valence-electron chi connectivity index (χ2n) is 5.09. The first-order chi connectivity index (χ1) is 12.1. The van der Waals surface area contributed by atoms with Crippen LogP contribution >= 0.6 is 11.3 Å². The van der Waals surface area contributed by atoms with Crippen LogP contribution in [0.2, 0.25) is 0 Å². The molecule has 0 aliphatic heterocycles. The lowest BCUT2D eigenvalue weighted by Crippen LogP contribution is -2.16. The Labute approximate surface area is 146 Å². The van der Waals surface area contributed by atoms with E-state index in [2.05, 4.69) is 10.1 Å². The zero-order valence-electron chi connectivity index (χ0n) is 13.3. The zero-order chi connectivity index (χ0) is 17.8. The zero-order valence-corrected chi connectivity index (χ0v) is 14.1. The van der Waals surface area contributed by atoms with Gasteiger partial charge in [0.05, 0.1) is 5.69 Å². The number of benzene rings is 1. The van der Waals surface area contributed by atoms with Gasteiger partial charge < -0.3 is 4.74 Å². The minimum Gasteiger partial charge on any atom is -0.456 e. The van der Waals surface area contributed by atoms with Crippen molar-refractivity contribution in [3.8, 4) is 0 Å². The van der Waals surface area contributed by atoms with Crippen LogP contribution in [0.25, 0.3) is 11.0 Å². The summed E-state index contributed by atoms with van der Waals surface area (Å²) in [4.78, 5) is 28.5. The Bertz CT molecular complexity index is 1010. The molecule has 3 rings (SSSR count). The van der Waals surface area contributed by atoms with Crippen molar-refractivity contribution in [1.29, 1.82) is 0 Å². The van der Waals surface area contributed by atoms with E-state index in [4.69, 9.17) is 4.74 Å². The molecule has 0 N–H and O–H groups in total. The number of halogens is 1. The molecule has 0 radical (unpaired) electrons. The predicted molar refractivity (Wildman–Crippen MR) is 91.7 cm³/mol. The van der Waals surface area contributed by atoms with Gasteiger partial charge in [-0.05, 0) is 18.6 Å². The summed E-state index contributed by atoms with van der Waals surface area (Å²) in [6.45, 7) is 1.79. The second-order valence-corrected chi connectivity index (χ2v) is 6.13. The van der Waals surface area contributed by atoms with Crippen LogP contribution in [0, 0.1) is 5.82 Å². The van der Waals surface area contributed by atoms with E-state index in [1.54, 1.807) is 18.2 Å². The predicted octanol–water partition coefficient (Wildman–Crippen LogP) is 2.61. The minimum absolute atomic E-state index is 0.147. The first kappa shape index (κ1) is 17.0. The molecule has 0 bridgehead atoms. The molecular weight excluding hydrogens is 345 g/mol. The Balaban J connectivity index is 1.69. The highest BCUT2D eigenvalue weighted by molar-refractivity contribution is 7.16. The lowest BCUT2D eigenvalue weighted by molar-refractivity contribution is -0.139. The molecule has 0 aliphatic carbocycles. The summed E-state index contributed by atoms with van der Waals surface area (Å²) in [7, 11) is 0. The molecule has 0 fully saturated rings. The number of carbonyl (C=O) groups is 1. The fraction of sp³-hybridized carbons (Fsp3) is 0.176. The average molecular weight is 359 g/mol. The van der Waals surface area contributed by atoms with Crippen molar-refractivity contribution < 1.29 is 13.9 Å². The highest BCUT2D eigenvalue weighted by atomic mass is 32.1. The SMILES string of the molecule is CCc1nn2c(=O)cc(COC(=O)/C=C/c3ccccc3F)nc2s1. The maximum Gasteiger partial charge on any atom is 0.331 e. The van der Waals surface area contributed by atoms with Crippen LogP contribution in [0.1, 0.15) is 23.2 Å². The Morgan fingerprint density at radius 1 is 1.40 bits per heavy atom. The molecule has 0 saturated heterocycles. The molecule has 6 nitrogen and oxygen atoms in total. The van der Waals surface area contributed by atoms with Crippen LogP contribution in [0.15, 0.2) is 41.2 Å². The van der Waals surface area contributed by atoms with Crippen molar-refractivity contribution in [2.75, 3.05) is 0 Å². The van der Waals surface area contributed by atoms with Gasteiger partial charge >= 0.3 is 5.97 Å². The van der Waals surface area contributed by atoms with Gasteiger partial charge in [0.25, 0.3) is 5.56 Å². The molecule has 8 heteroatoms. The summed E-state index contributed by atoms with van der Waals surface area (Å²) in [6.07, 6.45) is 3.17. The fourth-order valence-corrected chi connectivity index (χ4v) is 2.93. The van der Waals surface area contributed by atoms with Gasteiger partial charge in [0.1, 0.15) is 17.4 Å². The van der Waals surface area contributed by atoms with Crippen LogP contribution in [-0.2, 0) is 22.6 Å². The molecule has 0 saturated carbocycles. The number of aryl methyl sites for hydroxylation is 1. The molecule has 25 heavy (non-hydrogen) atoms. The first-order valence-corrected chi connectivity index (χ1v) is 8.36. The molecule has 0 amide bonds. The monoisotopic (exact) mass is 359 g/mol. The van der Waals surface area contributed by atoms with Gasteiger partial charge in [0, 0.05) is 17.7 Å². The molecular formula is C17H14FN3O3S. The smallest absolute Gasteiger partial charge is 0.331 e. The molecule has 2 heterocycles. The van der Waals surface area contributed by atoms with E-state index in [1.807, 2.05) is 6.92 Å². The maximum absolute atomic E-state index is 13.5. The number of esters is 1. The van der Waals surface area contributed by atoms with Crippen molar-refractivity contribution in [2.45, 2.75) is 20.0 Å². The van der Waals surface area contributed by atoms with E-state index in [1.165, 1.54) is 34.1 Å². The highest BCUT2D eigenvalue weighted by Crippen LogP contribution is 2.12. The normalized spacial score (nSPS) is 11.3. The number of nitrogens with zero attached hydrogens (tertiary/aromatic N) is 3. The lowest BCUT2D eigenvalue weighted by Gasteiger charge is -2.01. The summed E-state index contributed by atoms with van der Waals surface area (Å²) in [5.41, 5.74) is 0.298.